The maximum atomic E-state index is 10.3. The molecule has 0 aromatic heterocycles. The SMILES string of the molecule is CN(C)C1=NC(c2ccc(Cl)cc2)c2c(O)cccc2C1. The summed E-state index contributed by atoms with van der Waals surface area (Å²) in [6.45, 7) is 0. The summed E-state index contributed by atoms with van der Waals surface area (Å²) in [5, 5.41) is 11.0. The summed E-state index contributed by atoms with van der Waals surface area (Å²) in [4.78, 5) is 6.85. The lowest BCUT2D eigenvalue weighted by Gasteiger charge is -2.28. The second kappa shape index (κ2) is 5.41. The Morgan fingerprint density at radius 2 is 1.86 bits per heavy atom. The van der Waals surface area contributed by atoms with Crippen molar-refractivity contribution in [2.24, 2.45) is 4.99 Å². The van der Waals surface area contributed by atoms with Crippen LogP contribution in [0.4, 0.5) is 0 Å². The van der Waals surface area contributed by atoms with Crippen LogP contribution in [0.25, 0.3) is 0 Å². The van der Waals surface area contributed by atoms with E-state index in [9.17, 15) is 5.11 Å². The molecule has 0 radical (unpaired) electrons. The number of nitrogens with zero attached hydrogens (tertiary/aromatic N) is 2. The maximum absolute atomic E-state index is 10.3. The van der Waals surface area contributed by atoms with E-state index in [1.54, 1.807) is 6.07 Å². The average Bonchev–Trinajstić information content (AvgIpc) is 2.47. The number of halogens is 1. The minimum atomic E-state index is -0.190. The van der Waals surface area contributed by atoms with Crippen LogP contribution in [-0.2, 0) is 6.42 Å². The van der Waals surface area contributed by atoms with Gasteiger partial charge in [0.05, 0.1) is 0 Å². The fourth-order valence-corrected chi connectivity index (χ4v) is 2.78. The number of amidine groups is 1. The van der Waals surface area contributed by atoms with Crippen LogP contribution in [0, 0.1) is 0 Å². The van der Waals surface area contributed by atoms with Crippen LogP contribution < -0.4 is 0 Å². The highest BCUT2D eigenvalue weighted by Crippen LogP contribution is 2.38. The Balaban J connectivity index is 2.15. The van der Waals surface area contributed by atoms with Gasteiger partial charge in [-0.3, -0.25) is 4.99 Å². The van der Waals surface area contributed by atoms with E-state index in [2.05, 4.69) is 6.07 Å². The third kappa shape index (κ3) is 2.61. The van der Waals surface area contributed by atoms with Gasteiger partial charge in [0.2, 0.25) is 0 Å². The molecule has 0 spiro atoms. The predicted molar refractivity (Wildman–Crippen MR) is 86.2 cm³/mol. The van der Waals surface area contributed by atoms with E-state index < -0.39 is 0 Å². The van der Waals surface area contributed by atoms with Gasteiger partial charge in [-0.15, -0.1) is 0 Å². The number of hydrogen-bond acceptors (Lipinski definition) is 3. The highest BCUT2D eigenvalue weighted by Gasteiger charge is 2.26. The molecule has 0 saturated heterocycles. The molecule has 1 heterocycles. The van der Waals surface area contributed by atoms with Crippen molar-refractivity contribution >= 4 is 17.4 Å². The molecule has 1 aliphatic heterocycles. The van der Waals surface area contributed by atoms with Gasteiger partial charge in [-0.2, -0.15) is 0 Å². The molecule has 2 aromatic rings. The van der Waals surface area contributed by atoms with E-state index in [1.807, 2.05) is 49.3 Å². The summed E-state index contributed by atoms with van der Waals surface area (Å²) < 4.78 is 0. The number of aromatic hydroxyl groups is 1. The average molecular weight is 301 g/mol. The lowest BCUT2D eigenvalue weighted by Crippen LogP contribution is -2.28. The van der Waals surface area contributed by atoms with Gasteiger partial charge in [-0.25, -0.2) is 0 Å². The first-order valence-electron chi connectivity index (χ1n) is 6.86. The normalized spacial score (nSPS) is 17.1. The number of rotatable bonds is 1. The summed E-state index contributed by atoms with van der Waals surface area (Å²) in [7, 11) is 3.98. The zero-order valence-corrected chi connectivity index (χ0v) is 12.8. The van der Waals surface area contributed by atoms with Crippen molar-refractivity contribution in [3.8, 4) is 5.75 Å². The number of hydrogen-bond donors (Lipinski definition) is 1. The molecule has 1 unspecified atom stereocenters. The van der Waals surface area contributed by atoms with Crippen molar-refractivity contribution in [3.05, 3.63) is 64.2 Å². The molecule has 0 saturated carbocycles. The number of fused-ring (bicyclic) bond motifs is 1. The fraction of sp³-hybridized carbons (Fsp3) is 0.235. The predicted octanol–water partition coefficient (Wildman–Crippen LogP) is 3.65. The highest BCUT2D eigenvalue weighted by molar-refractivity contribution is 6.30. The second-order valence-corrected chi connectivity index (χ2v) is 5.86. The van der Waals surface area contributed by atoms with E-state index in [-0.39, 0.29) is 6.04 Å². The van der Waals surface area contributed by atoms with Crippen LogP contribution in [0.5, 0.6) is 5.75 Å². The minimum absolute atomic E-state index is 0.190. The summed E-state index contributed by atoms with van der Waals surface area (Å²) in [6, 6.07) is 13.1. The van der Waals surface area contributed by atoms with Crippen LogP contribution in [-0.4, -0.2) is 29.9 Å². The van der Waals surface area contributed by atoms with Crippen molar-refractivity contribution in [2.45, 2.75) is 12.5 Å². The van der Waals surface area contributed by atoms with Gasteiger partial charge in [-0.05, 0) is 29.3 Å². The first-order chi connectivity index (χ1) is 10.1. The van der Waals surface area contributed by atoms with E-state index in [4.69, 9.17) is 16.6 Å². The van der Waals surface area contributed by atoms with Crippen molar-refractivity contribution < 1.29 is 5.11 Å². The summed E-state index contributed by atoms with van der Waals surface area (Å²) >= 11 is 5.97. The quantitative estimate of drug-likeness (QED) is 0.872. The van der Waals surface area contributed by atoms with Gasteiger partial charge in [0.25, 0.3) is 0 Å². The molecule has 1 aliphatic rings. The van der Waals surface area contributed by atoms with Crippen molar-refractivity contribution in [2.75, 3.05) is 14.1 Å². The molecule has 21 heavy (non-hydrogen) atoms. The Morgan fingerprint density at radius 3 is 2.52 bits per heavy atom. The number of phenols is 1. The molecule has 1 N–H and O–H groups in total. The smallest absolute Gasteiger partial charge is 0.121 e. The molecule has 0 bridgehead atoms. The van der Waals surface area contributed by atoms with Gasteiger partial charge in [-0.1, -0.05) is 35.9 Å². The minimum Gasteiger partial charge on any atom is -0.508 e. The lowest BCUT2D eigenvalue weighted by atomic mass is 9.89. The summed E-state index contributed by atoms with van der Waals surface area (Å²) in [5.74, 6) is 1.31. The molecule has 3 nitrogen and oxygen atoms in total. The van der Waals surface area contributed by atoms with Gasteiger partial charge >= 0.3 is 0 Å². The molecule has 108 valence electrons. The van der Waals surface area contributed by atoms with Crippen LogP contribution in [0.3, 0.4) is 0 Å². The third-order valence-electron chi connectivity index (χ3n) is 3.78. The first kappa shape index (κ1) is 14.0. The largest absolute Gasteiger partial charge is 0.508 e. The Hall–Kier alpha value is -2.00. The van der Waals surface area contributed by atoms with E-state index in [0.717, 1.165) is 28.9 Å². The Bertz CT molecular complexity index is 692. The van der Waals surface area contributed by atoms with E-state index in [0.29, 0.717) is 10.8 Å². The topological polar surface area (TPSA) is 35.8 Å². The number of phenolic OH excluding ortho intramolecular Hbond substituents is 1. The van der Waals surface area contributed by atoms with Crippen molar-refractivity contribution in [1.82, 2.24) is 4.90 Å². The monoisotopic (exact) mass is 300 g/mol. The van der Waals surface area contributed by atoms with Gasteiger partial charge in [0.1, 0.15) is 17.6 Å². The second-order valence-electron chi connectivity index (χ2n) is 5.42. The van der Waals surface area contributed by atoms with Gasteiger partial charge in [0, 0.05) is 31.1 Å². The molecular weight excluding hydrogens is 284 g/mol. The molecule has 0 fully saturated rings. The van der Waals surface area contributed by atoms with E-state index in [1.165, 1.54) is 0 Å². The van der Waals surface area contributed by atoms with Crippen LogP contribution in [0.15, 0.2) is 47.5 Å². The number of benzene rings is 2. The Kier molecular flexibility index (Phi) is 3.60. The van der Waals surface area contributed by atoms with Crippen molar-refractivity contribution in [3.63, 3.8) is 0 Å². The van der Waals surface area contributed by atoms with Crippen LogP contribution in [0.1, 0.15) is 22.7 Å². The molecule has 3 rings (SSSR count). The highest BCUT2D eigenvalue weighted by atomic mass is 35.5. The molecule has 0 aliphatic carbocycles. The summed E-state index contributed by atoms with van der Waals surface area (Å²) in [5.41, 5.74) is 3.04. The molecule has 0 amide bonds. The first-order valence-corrected chi connectivity index (χ1v) is 7.24. The van der Waals surface area contributed by atoms with E-state index >= 15 is 0 Å². The van der Waals surface area contributed by atoms with Gasteiger partial charge in [0.15, 0.2) is 0 Å². The number of aliphatic imine (C=N–C) groups is 1. The lowest BCUT2D eigenvalue weighted by molar-refractivity contribution is 0.462. The summed E-state index contributed by atoms with van der Waals surface area (Å²) in [6.07, 6.45) is 0.737. The molecule has 2 aromatic carbocycles. The number of likely N-dealkylation sites (N-methyl/N-ethyl adjacent to an activating group) is 1. The zero-order chi connectivity index (χ0) is 15.0. The molecule has 1 atom stereocenters. The molecule has 4 heteroatoms. The van der Waals surface area contributed by atoms with Crippen LogP contribution in [0.2, 0.25) is 5.02 Å². The maximum Gasteiger partial charge on any atom is 0.121 e. The third-order valence-corrected chi connectivity index (χ3v) is 4.03. The Labute approximate surface area is 129 Å². The van der Waals surface area contributed by atoms with Gasteiger partial charge < -0.3 is 10.0 Å². The van der Waals surface area contributed by atoms with Crippen molar-refractivity contribution in [1.29, 1.82) is 0 Å². The zero-order valence-electron chi connectivity index (χ0n) is 12.0. The standard InChI is InChI=1S/C17H17ClN2O/c1-20(2)15-10-12-4-3-5-14(21)16(12)17(19-15)11-6-8-13(18)9-7-11/h3-9,17,21H,10H2,1-2H3. The Morgan fingerprint density at radius 1 is 1.14 bits per heavy atom. The molecular formula is C17H17ClN2O. The van der Waals surface area contributed by atoms with Crippen LogP contribution >= 0.6 is 11.6 Å². The fourth-order valence-electron chi connectivity index (χ4n) is 2.66.